The van der Waals surface area contributed by atoms with Crippen LogP contribution in [0.1, 0.15) is 50.8 Å². The molecule has 1 aliphatic carbocycles. The third-order valence-electron chi connectivity index (χ3n) is 4.65. The van der Waals surface area contributed by atoms with Crippen LogP contribution >= 0.6 is 0 Å². The van der Waals surface area contributed by atoms with E-state index in [1.54, 1.807) is 0 Å². The van der Waals surface area contributed by atoms with Gasteiger partial charge in [-0.05, 0) is 32.1 Å². The fraction of sp³-hybridized carbons (Fsp3) is 0.812. The second-order valence-electron chi connectivity index (χ2n) is 7.01. The van der Waals surface area contributed by atoms with Gasteiger partial charge >= 0.3 is 0 Å². The molecule has 1 N–H and O–H groups in total. The molecule has 6 heteroatoms. The largest absolute Gasteiger partial charge is 0.331 e. The van der Waals surface area contributed by atoms with Crippen molar-refractivity contribution < 1.29 is 4.79 Å². The summed E-state index contributed by atoms with van der Waals surface area (Å²) < 4.78 is 0. The number of hydrogen-bond donors (Lipinski definition) is 1. The number of aromatic amines is 1. The van der Waals surface area contributed by atoms with Gasteiger partial charge in [0.15, 0.2) is 5.82 Å². The molecule has 6 nitrogen and oxygen atoms in total. The molecule has 1 saturated carbocycles. The van der Waals surface area contributed by atoms with E-state index in [1.165, 1.54) is 19.4 Å². The lowest BCUT2D eigenvalue weighted by Crippen LogP contribution is -2.40. The highest BCUT2D eigenvalue weighted by Crippen LogP contribution is 2.32. The zero-order chi connectivity index (χ0) is 15.7. The van der Waals surface area contributed by atoms with Crippen LogP contribution in [-0.4, -0.2) is 57.1 Å². The van der Waals surface area contributed by atoms with Crippen molar-refractivity contribution in [1.82, 2.24) is 25.0 Å². The summed E-state index contributed by atoms with van der Waals surface area (Å²) in [5.74, 6) is 2.68. The SMILES string of the molecule is Cc1nc(C2CCN(CC3CC3)CCN2C(=O)C(C)C)n[nH]1. The monoisotopic (exact) mass is 305 g/mol. The molecule has 0 bridgehead atoms. The van der Waals surface area contributed by atoms with Gasteiger partial charge in [0.1, 0.15) is 5.82 Å². The molecule has 22 heavy (non-hydrogen) atoms. The first kappa shape index (κ1) is 15.5. The van der Waals surface area contributed by atoms with Crippen molar-refractivity contribution in [3.05, 3.63) is 11.6 Å². The van der Waals surface area contributed by atoms with Crippen LogP contribution in [0.2, 0.25) is 0 Å². The number of rotatable bonds is 4. The Morgan fingerprint density at radius 3 is 2.64 bits per heavy atom. The van der Waals surface area contributed by atoms with Crippen molar-refractivity contribution in [3.63, 3.8) is 0 Å². The highest BCUT2D eigenvalue weighted by Gasteiger charge is 2.33. The highest BCUT2D eigenvalue weighted by molar-refractivity contribution is 5.78. The predicted octanol–water partition coefficient (Wildman–Crippen LogP) is 1.75. The van der Waals surface area contributed by atoms with E-state index in [1.807, 2.05) is 25.7 Å². The number of aromatic nitrogens is 3. The molecule has 122 valence electrons. The number of nitrogens with zero attached hydrogens (tertiary/aromatic N) is 4. The Hall–Kier alpha value is -1.43. The van der Waals surface area contributed by atoms with Gasteiger partial charge in [0.25, 0.3) is 0 Å². The number of aryl methyl sites for hydroxylation is 1. The van der Waals surface area contributed by atoms with Crippen molar-refractivity contribution in [2.45, 2.75) is 46.1 Å². The minimum Gasteiger partial charge on any atom is -0.331 e. The smallest absolute Gasteiger partial charge is 0.225 e. The molecule has 1 aromatic heterocycles. The van der Waals surface area contributed by atoms with Gasteiger partial charge in [-0.25, -0.2) is 4.98 Å². The van der Waals surface area contributed by atoms with E-state index in [9.17, 15) is 4.79 Å². The summed E-state index contributed by atoms with van der Waals surface area (Å²) >= 11 is 0. The summed E-state index contributed by atoms with van der Waals surface area (Å²) in [7, 11) is 0. The van der Waals surface area contributed by atoms with Crippen molar-refractivity contribution in [2.75, 3.05) is 26.2 Å². The van der Waals surface area contributed by atoms with Crippen LogP contribution in [0, 0.1) is 18.8 Å². The standard InChI is InChI=1S/C16H27N5O/c1-11(2)16(22)21-9-8-20(10-13-4-5-13)7-6-14(21)15-17-12(3)18-19-15/h11,13-14H,4-10H2,1-3H3,(H,17,18,19). The van der Waals surface area contributed by atoms with Crippen LogP contribution in [0.4, 0.5) is 0 Å². The summed E-state index contributed by atoms with van der Waals surface area (Å²) in [6, 6.07) is 0.00375. The lowest BCUT2D eigenvalue weighted by atomic mass is 10.1. The summed E-state index contributed by atoms with van der Waals surface area (Å²) in [4.78, 5) is 21.6. The Bertz CT molecular complexity index is 522. The van der Waals surface area contributed by atoms with Gasteiger partial charge in [-0.2, -0.15) is 5.10 Å². The topological polar surface area (TPSA) is 65.1 Å². The van der Waals surface area contributed by atoms with Gasteiger partial charge in [-0.1, -0.05) is 13.8 Å². The molecular weight excluding hydrogens is 278 g/mol. The van der Waals surface area contributed by atoms with E-state index in [4.69, 9.17) is 0 Å². The molecule has 0 radical (unpaired) electrons. The molecule has 1 unspecified atom stereocenters. The first-order chi connectivity index (χ1) is 10.5. The molecule has 2 heterocycles. The van der Waals surface area contributed by atoms with Crippen LogP contribution in [-0.2, 0) is 4.79 Å². The lowest BCUT2D eigenvalue weighted by molar-refractivity contribution is -0.137. The average Bonchev–Trinajstić information content (AvgIpc) is 3.23. The average molecular weight is 305 g/mol. The minimum absolute atomic E-state index is 0.00375. The Kier molecular flexibility index (Phi) is 4.47. The van der Waals surface area contributed by atoms with Gasteiger partial charge in [-0.15, -0.1) is 0 Å². The Labute approximate surface area is 132 Å². The Morgan fingerprint density at radius 1 is 1.27 bits per heavy atom. The van der Waals surface area contributed by atoms with Crippen LogP contribution in [0.3, 0.4) is 0 Å². The van der Waals surface area contributed by atoms with E-state index < -0.39 is 0 Å². The number of amides is 1. The summed E-state index contributed by atoms with van der Waals surface area (Å²) in [5.41, 5.74) is 0. The third kappa shape index (κ3) is 3.48. The van der Waals surface area contributed by atoms with Gasteiger partial charge in [0.2, 0.25) is 5.91 Å². The fourth-order valence-electron chi connectivity index (χ4n) is 3.20. The normalized spacial score (nSPS) is 23.8. The zero-order valence-corrected chi connectivity index (χ0v) is 13.9. The van der Waals surface area contributed by atoms with Crippen LogP contribution in [0.5, 0.6) is 0 Å². The maximum Gasteiger partial charge on any atom is 0.225 e. The molecule has 1 saturated heterocycles. The first-order valence-electron chi connectivity index (χ1n) is 8.46. The molecule has 1 atom stereocenters. The number of H-pyrrole nitrogens is 1. The molecule has 1 aliphatic heterocycles. The van der Waals surface area contributed by atoms with Gasteiger partial charge in [0, 0.05) is 32.1 Å². The molecule has 2 fully saturated rings. The van der Waals surface area contributed by atoms with E-state index in [0.717, 1.165) is 43.6 Å². The lowest BCUT2D eigenvalue weighted by Gasteiger charge is -2.29. The second-order valence-corrected chi connectivity index (χ2v) is 7.01. The summed E-state index contributed by atoms with van der Waals surface area (Å²) in [6.07, 6.45) is 3.66. The minimum atomic E-state index is 0.00375. The van der Waals surface area contributed by atoms with Crippen LogP contribution < -0.4 is 0 Å². The maximum absolute atomic E-state index is 12.6. The van der Waals surface area contributed by atoms with Gasteiger partial charge in [-0.3, -0.25) is 9.89 Å². The van der Waals surface area contributed by atoms with Crippen LogP contribution in [0.25, 0.3) is 0 Å². The number of hydrogen-bond acceptors (Lipinski definition) is 4. The second kappa shape index (κ2) is 6.36. The fourth-order valence-corrected chi connectivity index (χ4v) is 3.20. The van der Waals surface area contributed by atoms with E-state index >= 15 is 0 Å². The van der Waals surface area contributed by atoms with Gasteiger partial charge in [0.05, 0.1) is 6.04 Å². The maximum atomic E-state index is 12.6. The van der Waals surface area contributed by atoms with Crippen molar-refractivity contribution in [3.8, 4) is 0 Å². The first-order valence-corrected chi connectivity index (χ1v) is 8.46. The number of carbonyl (C=O) groups excluding carboxylic acids is 1. The third-order valence-corrected chi connectivity index (χ3v) is 4.65. The quantitative estimate of drug-likeness (QED) is 0.920. The van der Waals surface area contributed by atoms with Gasteiger partial charge < -0.3 is 9.80 Å². The van der Waals surface area contributed by atoms with Crippen molar-refractivity contribution in [2.24, 2.45) is 11.8 Å². The van der Waals surface area contributed by atoms with Crippen LogP contribution in [0.15, 0.2) is 0 Å². The van der Waals surface area contributed by atoms with Crippen molar-refractivity contribution in [1.29, 1.82) is 0 Å². The van der Waals surface area contributed by atoms with E-state index in [-0.39, 0.29) is 17.9 Å². The van der Waals surface area contributed by atoms with E-state index in [2.05, 4.69) is 20.1 Å². The Morgan fingerprint density at radius 2 is 2.05 bits per heavy atom. The predicted molar refractivity (Wildman–Crippen MR) is 84.2 cm³/mol. The summed E-state index contributed by atoms with van der Waals surface area (Å²) in [5, 5.41) is 7.24. The molecule has 1 amide bonds. The van der Waals surface area contributed by atoms with E-state index in [0.29, 0.717) is 0 Å². The highest BCUT2D eigenvalue weighted by atomic mass is 16.2. The van der Waals surface area contributed by atoms with Crippen molar-refractivity contribution >= 4 is 5.91 Å². The number of carbonyl (C=O) groups is 1. The molecule has 2 aliphatic rings. The molecular formula is C16H27N5O. The molecule has 3 rings (SSSR count). The number of nitrogens with one attached hydrogen (secondary N) is 1. The zero-order valence-electron chi connectivity index (χ0n) is 13.9. The summed E-state index contributed by atoms with van der Waals surface area (Å²) in [6.45, 7) is 9.79. The Balaban J connectivity index is 1.77. The molecule has 1 aromatic rings. The molecule has 0 spiro atoms. The molecule has 0 aromatic carbocycles.